The van der Waals surface area contributed by atoms with Crippen LogP contribution < -0.4 is 5.32 Å². The molecule has 3 heteroatoms. The van der Waals surface area contributed by atoms with E-state index in [1.807, 2.05) is 20.8 Å². The number of ketones is 1. The number of hydrogen-bond acceptors (Lipinski definition) is 3. The lowest BCUT2D eigenvalue weighted by Gasteiger charge is -2.28. The number of ether oxygens (including phenoxy) is 1. The molecule has 0 heterocycles. The number of carbonyl (C=O) groups is 1. The Labute approximate surface area is 144 Å². The molecule has 0 aromatic carbocycles. The number of rotatable bonds is 10. The van der Waals surface area contributed by atoms with Gasteiger partial charge < -0.3 is 10.1 Å². The second kappa shape index (κ2) is 9.17. The number of Topliss-reactive ketones (excluding diaryl/α,β-unsaturated/α-hetero) is 1. The second-order valence-corrected chi connectivity index (χ2v) is 9.66. The van der Waals surface area contributed by atoms with Crippen LogP contribution >= 0.6 is 0 Å². The average molecular weight is 328 g/mol. The zero-order valence-electron chi connectivity index (χ0n) is 17.1. The van der Waals surface area contributed by atoms with Gasteiger partial charge in [-0.2, -0.15) is 0 Å². The number of hydrogen-bond donors (Lipinski definition) is 1. The highest BCUT2D eigenvalue weighted by molar-refractivity contribution is 5.83. The summed E-state index contributed by atoms with van der Waals surface area (Å²) < 4.78 is 6.01. The van der Waals surface area contributed by atoms with Crippen molar-refractivity contribution in [1.29, 1.82) is 0 Å². The highest BCUT2D eigenvalue weighted by Crippen LogP contribution is 2.24. The standard InChI is InChI=1S/C20H41NO2/c1-16(15-17(22)18(2,3)4)11-10-12-20(8,9)23-14-13-21-19(5,6)7/h16,21H,10-15H2,1-9H3. The largest absolute Gasteiger partial charge is 0.374 e. The molecule has 3 nitrogen and oxygen atoms in total. The van der Waals surface area contributed by atoms with E-state index in [1.54, 1.807) is 0 Å². The van der Waals surface area contributed by atoms with Gasteiger partial charge in [-0.15, -0.1) is 0 Å². The van der Waals surface area contributed by atoms with Crippen LogP contribution in [-0.4, -0.2) is 30.1 Å². The first-order valence-electron chi connectivity index (χ1n) is 9.15. The van der Waals surface area contributed by atoms with Gasteiger partial charge in [-0.05, 0) is 47.0 Å². The molecule has 0 amide bonds. The predicted octanol–water partition coefficient (Wildman–Crippen LogP) is 4.98. The summed E-state index contributed by atoms with van der Waals surface area (Å²) in [6, 6.07) is 0. The molecule has 0 aliphatic heterocycles. The minimum atomic E-state index is -0.212. The fourth-order valence-electron chi connectivity index (χ4n) is 2.43. The Hall–Kier alpha value is -0.410. The van der Waals surface area contributed by atoms with E-state index < -0.39 is 0 Å². The molecule has 0 radical (unpaired) electrons. The van der Waals surface area contributed by atoms with Crippen LogP contribution in [0.3, 0.4) is 0 Å². The van der Waals surface area contributed by atoms with Crippen molar-refractivity contribution in [3.05, 3.63) is 0 Å². The summed E-state index contributed by atoms with van der Waals surface area (Å²) in [7, 11) is 0. The molecule has 1 N–H and O–H groups in total. The van der Waals surface area contributed by atoms with E-state index in [9.17, 15) is 4.79 Å². The Bertz CT molecular complexity index is 348. The third-order valence-electron chi connectivity index (χ3n) is 4.10. The Morgan fingerprint density at radius 2 is 1.61 bits per heavy atom. The van der Waals surface area contributed by atoms with Gasteiger partial charge in [0.05, 0.1) is 12.2 Å². The van der Waals surface area contributed by atoms with Crippen LogP contribution in [0.2, 0.25) is 0 Å². The van der Waals surface area contributed by atoms with Gasteiger partial charge in [0, 0.05) is 23.9 Å². The van der Waals surface area contributed by atoms with Gasteiger partial charge in [-0.3, -0.25) is 4.79 Å². The van der Waals surface area contributed by atoms with Crippen molar-refractivity contribution >= 4 is 5.78 Å². The smallest absolute Gasteiger partial charge is 0.138 e. The molecule has 1 unspecified atom stereocenters. The van der Waals surface area contributed by atoms with Crippen molar-refractivity contribution in [3.8, 4) is 0 Å². The molecule has 0 aliphatic rings. The molecule has 0 fully saturated rings. The first-order chi connectivity index (χ1) is 10.2. The van der Waals surface area contributed by atoms with Crippen molar-refractivity contribution in [3.63, 3.8) is 0 Å². The monoisotopic (exact) mass is 327 g/mol. The van der Waals surface area contributed by atoms with Crippen LogP contribution in [0.25, 0.3) is 0 Å². The SMILES string of the molecule is CC(CCCC(C)(C)OCCNC(C)(C)C)CC(=O)C(C)(C)C. The molecular weight excluding hydrogens is 286 g/mol. The molecule has 0 saturated carbocycles. The van der Waals surface area contributed by atoms with Gasteiger partial charge in [0.2, 0.25) is 0 Å². The van der Waals surface area contributed by atoms with Gasteiger partial charge in [0.15, 0.2) is 0 Å². The normalized spacial score (nSPS) is 14.8. The third kappa shape index (κ3) is 12.7. The molecule has 1 atom stereocenters. The van der Waals surface area contributed by atoms with Crippen molar-refractivity contribution in [2.45, 2.75) is 99.1 Å². The van der Waals surface area contributed by atoms with Crippen LogP contribution in [0.15, 0.2) is 0 Å². The van der Waals surface area contributed by atoms with Crippen LogP contribution in [-0.2, 0) is 9.53 Å². The second-order valence-electron chi connectivity index (χ2n) is 9.66. The van der Waals surface area contributed by atoms with Crippen molar-refractivity contribution in [1.82, 2.24) is 5.32 Å². The first kappa shape index (κ1) is 22.6. The van der Waals surface area contributed by atoms with Gasteiger partial charge in [-0.25, -0.2) is 0 Å². The maximum absolute atomic E-state index is 12.1. The molecule has 0 aliphatic carbocycles. The first-order valence-corrected chi connectivity index (χ1v) is 9.15. The lowest BCUT2D eigenvalue weighted by molar-refractivity contribution is -0.127. The Balaban J connectivity index is 3.94. The Morgan fingerprint density at radius 3 is 2.09 bits per heavy atom. The van der Waals surface area contributed by atoms with Gasteiger partial charge in [0.1, 0.15) is 5.78 Å². The summed E-state index contributed by atoms with van der Waals surface area (Å²) >= 11 is 0. The minimum Gasteiger partial charge on any atom is -0.374 e. The summed E-state index contributed by atoms with van der Waals surface area (Å²) in [5.41, 5.74) is -0.160. The zero-order chi connectivity index (χ0) is 18.3. The van der Waals surface area contributed by atoms with Crippen molar-refractivity contribution < 1.29 is 9.53 Å². The lowest BCUT2D eigenvalue weighted by atomic mass is 9.84. The number of carbonyl (C=O) groups excluding carboxylic acids is 1. The zero-order valence-corrected chi connectivity index (χ0v) is 17.1. The van der Waals surface area contributed by atoms with Gasteiger partial charge in [0.25, 0.3) is 0 Å². The van der Waals surface area contributed by atoms with E-state index >= 15 is 0 Å². The molecule has 0 rings (SSSR count). The van der Waals surface area contributed by atoms with E-state index in [-0.39, 0.29) is 16.6 Å². The predicted molar refractivity (Wildman–Crippen MR) is 99.9 cm³/mol. The highest BCUT2D eigenvalue weighted by atomic mass is 16.5. The molecule has 0 saturated heterocycles. The molecule has 138 valence electrons. The fourth-order valence-corrected chi connectivity index (χ4v) is 2.43. The quantitative estimate of drug-likeness (QED) is 0.575. The van der Waals surface area contributed by atoms with Gasteiger partial charge in [-0.1, -0.05) is 40.5 Å². The number of nitrogens with one attached hydrogen (secondary N) is 1. The molecule has 0 bridgehead atoms. The Morgan fingerprint density at radius 1 is 1.04 bits per heavy atom. The lowest BCUT2D eigenvalue weighted by Crippen LogP contribution is -2.39. The Kier molecular flexibility index (Phi) is 9.01. The summed E-state index contributed by atoms with van der Waals surface area (Å²) in [4.78, 5) is 12.1. The fraction of sp³-hybridized carbons (Fsp3) is 0.950. The van der Waals surface area contributed by atoms with E-state index in [0.29, 0.717) is 18.1 Å². The summed E-state index contributed by atoms with van der Waals surface area (Å²) in [6.45, 7) is 20.6. The maximum Gasteiger partial charge on any atom is 0.138 e. The van der Waals surface area contributed by atoms with Crippen LogP contribution in [0.5, 0.6) is 0 Å². The topological polar surface area (TPSA) is 38.3 Å². The van der Waals surface area contributed by atoms with E-state index in [4.69, 9.17) is 4.74 Å². The van der Waals surface area contributed by atoms with Crippen LogP contribution in [0.1, 0.15) is 88.0 Å². The van der Waals surface area contributed by atoms with Crippen LogP contribution in [0, 0.1) is 11.3 Å². The molecule has 0 spiro atoms. The minimum absolute atomic E-state index is 0.0900. The molecule has 0 aromatic rings. The average Bonchev–Trinajstić information content (AvgIpc) is 2.32. The molecule has 23 heavy (non-hydrogen) atoms. The maximum atomic E-state index is 12.1. The van der Waals surface area contributed by atoms with Crippen LogP contribution in [0.4, 0.5) is 0 Å². The van der Waals surface area contributed by atoms with E-state index in [0.717, 1.165) is 32.4 Å². The van der Waals surface area contributed by atoms with E-state index in [1.165, 1.54) is 0 Å². The summed E-state index contributed by atoms with van der Waals surface area (Å²) in [5.74, 6) is 0.828. The van der Waals surface area contributed by atoms with Gasteiger partial charge >= 0.3 is 0 Å². The molecule has 0 aromatic heterocycles. The van der Waals surface area contributed by atoms with E-state index in [2.05, 4.69) is 46.9 Å². The third-order valence-corrected chi connectivity index (χ3v) is 4.10. The highest BCUT2D eigenvalue weighted by Gasteiger charge is 2.24. The summed E-state index contributed by atoms with van der Waals surface area (Å²) in [5, 5.41) is 3.44. The van der Waals surface area contributed by atoms with Crippen molar-refractivity contribution in [2.75, 3.05) is 13.2 Å². The summed E-state index contributed by atoms with van der Waals surface area (Å²) in [6.07, 6.45) is 3.93. The van der Waals surface area contributed by atoms with Crippen molar-refractivity contribution in [2.24, 2.45) is 11.3 Å². The molecular formula is C20H41NO2.